The molecule has 1 aromatic heterocycles. The molecule has 5 heteroatoms. The van der Waals surface area contributed by atoms with E-state index in [1.54, 1.807) is 12.3 Å². The fourth-order valence-corrected chi connectivity index (χ4v) is 2.73. The topological polar surface area (TPSA) is 57.3 Å². The van der Waals surface area contributed by atoms with Crippen LogP contribution in [0.1, 0.15) is 50.2 Å². The first-order chi connectivity index (χ1) is 12.5. The minimum absolute atomic E-state index is 0.134. The van der Waals surface area contributed by atoms with Crippen LogP contribution in [0.15, 0.2) is 36.5 Å². The molecule has 1 atom stereocenters. The van der Waals surface area contributed by atoms with Gasteiger partial charge in [-0.25, -0.2) is 4.98 Å². The predicted molar refractivity (Wildman–Crippen MR) is 109 cm³/mol. The highest BCUT2D eigenvalue weighted by Gasteiger charge is 2.10. The van der Waals surface area contributed by atoms with Gasteiger partial charge in [0.15, 0.2) is 0 Å². The number of hydrogen-bond donors (Lipinski definition) is 2. The Labute approximate surface area is 156 Å². The fourth-order valence-electron chi connectivity index (χ4n) is 2.73. The number of rotatable bonds is 8. The third kappa shape index (κ3) is 4.97. The molecular formula is C21H30N4O. The molecule has 2 rings (SSSR count). The minimum Gasteiger partial charge on any atom is -0.372 e. The van der Waals surface area contributed by atoms with Gasteiger partial charge >= 0.3 is 0 Å². The van der Waals surface area contributed by atoms with Crippen LogP contribution in [-0.4, -0.2) is 30.0 Å². The van der Waals surface area contributed by atoms with Gasteiger partial charge in [0.25, 0.3) is 5.91 Å². The van der Waals surface area contributed by atoms with Crippen molar-refractivity contribution in [3.8, 4) is 0 Å². The molecule has 1 heterocycles. The van der Waals surface area contributed by atoms with Crippen LogP contribution in [0.2, 0.25) is 0 Å². The highest BCUT2D eigenvalue weighted by Crippen LogP contribution is 2.25. The van der Waals surface area contributed by atoms with Gasteiger partial charge in [0.2, 0.25) is 0 Å². The molecule has 2 aromatic rings. The second kappa shape index (κ2) is 9.22. The second-order valence-corrected chi connectivity index (χ2v) is 6.51. The summed E-state index contributed by atoms with van der Waals surface area (Å²) < 4.78 is 0. The molecular weight excluding hydrogens is 324 g/mol. The van der Waals surface area contributed by atoms with Crippen molar-refractivity contribution in [2.24, 2.45) is 0 Å². The molecule has 0 aliphatic carbocycles. The number of carbonyl (C=O) groups excluding carboxylic acids is 1. The SMILES string of the molecule is CCC(C)NC(=O)c1ccc(Nc2ccc(N(CC)CC)cc2C)cn1. The summed E-state index contributed by atoms with van der Waals surface area (Å²) in [5.41, 5.74) is 4.74. The Hall–Kier alpha value is -2.56. The normalized spacial score (nSPS) is 11.7. The van der Waals surface area contributed by atoms with Gasteiger partial charge in [-0.2, -0.15) is 0 Å². The largest absolute Gasteiger partial charge is 0.372 e. The zero-order valence-corrected chi connectivity index (χ0v) is 16.5. The Balaban J connectivity index is 2.08. The third-order valence-electron chi connectivity index (χ3n) is 4.60. The van der Waals surface area contributed by atoms with Crippen molar-refractivity contribution in [3.05, 3.63) is 47.8 Å². The highest BCUT2D eigenvalue weighted by molar-refractivity contribution is 5.92. The molecule has 0 saturated carbocycles. The van der Waals surface area contributed by atoms with Crippen molar-refractivity contribution < 1.29 is 4.79 Å². The maximum absolute atomic E-state index is 12.1. The smallest absolute Gasteiger partial charge is 0.270 e. The average molecular weight is 354 g/mol. The molecule has 2 N–H and O–H groups in total. The Kier molecular flexibility index (Phi) is 7.01. The maximum Gasteiger partial charge on any atom is 0.270 e. The maximum atomic E-state index is 12.1. The summed E-state index contributed by atoms with van der Waals surface area (Å²) in [5, 5.41) is 6.31. The van der Waals surface area contributed by atoms with E-state index in [4.69, 9.17) is 0 Å². The first-order valence-electron chi connectivity index (χ1n) is 9.37. The van der Waals surface area contributed by atoms with Gasteiger partial charge in [0, 0.05) is 30.5 Å². The van der Waals surface area contributed by atoms with Crippen LogP contribution in [0.3, 0.4) is 0 Å². The molecule has 0 saturated heterocycles. The van der Waals surface area contributed by atoms with Crippen molar-refractivity contribution in [1.29, 1.82) is 0 Å². The van der Waals surface area contributed by atoms with Crippen LogP contribution in [0.5, 0.6) is 0 Å². The number of anilines is 3. The minimum atomic E-state index is -0.134. The molecule has 0 bridgehead atoms. The van der Waals surface area contributed by atoms with Crippen molar-refractivity contribution in [1.82, 2.24) is 10.3 Å². The summed E-state index contributed by atoms with van der Waals surface area (Å²) in [6.07, 6.45) is 2.59. The highest BCUT2D eigenvalue weighted by atomic mass is 16.1. The van der Waals surface area contributed by atoms with E-state index < -0.39 is 0 Å². The van der Waals surface area contributed by atoms with E-state index in [2.05, 4.69) is 59.5 Å². The molecule has 26 heavy (non-hydrogen) atoms. The number of hydrogen-bond acceptors (Lipinski definition) is 4. The summed E-state index contributed by atoms with van der Waals surface area (Å²) in [6, 6.07) is 10.2. The first-order valence-corrected chi connectivity index (χ1v) is 9.37. The van der Waals surface area contributed by atoms with Crippen LogP contribution in [-0.2, 0) is 0 Å². The monoisotopic (exact) mass is 354 g/mol. The Morgan fingerprint density at radius 3 is 2.42 bits per heavy atom. The molecule has 0 spiro atoms. The summed E-state index contributed by atoms with van der Waals surface area (Å²) in [7, 11) is 0. The standard InChI is InChI=1S/C21H30N4O/c1-6-16(5)23-21(26)20-11-9-17(14-22-20)24-19-12-10-18(13-15(19)4)25(7-2)8-3/h9-14,16,24H,6-8H2,1-5H3,(H,23,26). The van der Waals surface area contributed by atoms with E-state index in [0.29, 0.717) is 5.69 Å². The van der Waals surface area contributed by atoms with Crippen LogP contribution in [0.25, 0.3) is 0 Å². The summed E-state index contributed by atoms with van der Waals surface area (Å²) in [6.45, 7) is 12.4. The number of aromatic nitrogens is 1. The number of aryl methyl sites for hydroxylation is 1. The van der Waals surface area contributed by atoms with E-state index >= 15 is 0 Å². The summed E-state index contributed by atoms with van der Waals surface area (Å²) >= 11 is 0. The number of nitrogens with zero attached hydrogens (tertiary/aromatic N) is 2. The van der Waals surface area contributed by atoms with Crippen LogP contribution in [0, 0.1) is 6.92 Å². The first kappa shape index (κ1) is 19.8. The molecule has 0 fully saturated rings. The van der Waals surface area contributed by atoms with Gasteiger partial charge in [-0.3, -0.25) is 4.79 Å². The third-order valence-corrected chi connectivity index (χ3v) is 4.60. The Bertz CT molecular complexity index is 723. The van der Waals surface area contributed by atoms with Crippen LogP contribution < -0.4 is 15.5 Å². The van der Waals surface area contributed by atoms with E-state index in [0.717, 1.165) is 30.9 Å². The van der Waals surface area contributed by atoms with E-state index in [1.165, 1.54) is 11.3 Å². The summed E-state index contributed by atoms with van der Waals surface area (Å²) in [5.74, 6) is -0.134. The molecule has 5 nitrogen and oxygen atoms in total. The van der Waals surface area contributed by atoms with E-state index in [9.17, 15) is 4.79 Å². The lowest BCUT2D eigenvalue weighted by atomic mass is 10.1. The number of benzene rings is 1. The predicted octanol–water partition coefficient (Wildman–Crippen LogP) is 4.51. The fraction of sp³-hybridized carbons (Fsp3) is 0.429. The van der Waals surface area contributed by atoms with Gasteiger partial charge in [0.05, 0.1) is 11.9 Å². The zero-order chi connectivity index (χ0) is 19.1. The van der Waals surface area contributed by atoms with Crippen LogP contribution in [0.4, 0.5) is 17.1 Å². The zero-order valence-electron chi connectivity index (χ0n) is 16.5. The molecule has 1 amide bonds. The quantitative estimate of drug-likeness (QED) is 0.732. The molecule has 0 radical (unpaired) electrons. The Morgan fingerprint density at radius 1 is 1.15 bits per heavy atom. The number of carbonyl (C=O) groups is 1. The second-order valence-electron chi connectivity index (χ2n) is 6.51. The van der Waals surface area contributed by atoms with Gasteiger partial charge < -0.3 is 15.5 Å². The van der Waals surface area contributed by atoms with E-state index in [1.807, 2.05) is 19.9 Å². The lowest BCUT2D eigenvalue weighted by molar-refractivity contribution is 0.0934. The van der Waals surface area contributed by atoms with Gasteiger partial charge in [-0.05, 0) is 70.0 Å². The van der Waals surface area contributed by atoms with Crippen molar-refractivity contribution in [2.45, 2.75) is 47.1 Å². The number of amides is 1. The van der Waals surface area contributed by atoms with Gasteiger partial charge in [-0.15, -0.1) is 0 Å². The Morgan fingerprint density at radius 2 is 1.88 bits per heavy atom. The van der Waals surface area contributed by atoms with E-state index in [-0.39, 0.29) is 11.9 Å². The molecule has 0 aliphatic heterocycles. The molecule has 0 aliphatic rings. The number of pyridine rings is 1. The lowest BCUT2D eigenvalue weighted by Gasteiger charge is -2.22. The van der Waals surface area contributed by atoms with Crippen molar-refractivity contribution >= 4 is 23.0 Å². The molecule has 1 unspecified atom stereocenters. The van der Waals surface area contributed by atoms with Gasteiger partial charge in [0.1, 0.15) is 5.69 Å². The van der Waals surface area contributed by atoms with Crippen molar-refractivity contribution in [2.75, 3.05) is 23.3 Å². The summed E-state index contributed by atoms with van der Waals surface area (Å²) in [4.78, 5) is 18.7. The van der Waals surface area contributed by atoms with Crippen LogP contribution >= 0.6 is 0 Å². The number of nitrogens with one attached hydrogen (secondary N) is 2. The molecule has 1 aromatic carbocycles. The lowest BCUT2D eigenvalue weighted by Crippen LogP contribution is -2.32. The average Bonchev–Trinajstić information content (AvgIpc) is 2.65. The molecule has 140 valence electrons. The van der Waals surface area contributed by atoms with Gasteiger partial charge in [-0.1, -0.05) is 6.92 Å². The van der Waals surface area contributed by atoms with Crippen molar-refractivity contribution in [3.63, 3.8) is 0 Å².